The number of fused-ring (bicyclic) bond motifs is 1. The summed E-state index contributed by atoms with van der Waals surface area (Å²) in [5.41, 5.74) is 1.93. The van der Waals surface area contributed by atoms with Gasteiger partial charge in [-0.25, -0.2) is 14.6 Å². The van der Waals surface area contributed by atoms with Crippen LogP contribution >= 0.6 is 0 Å². The number of carbonyl (C=O) groups is 2. The van der Waals surface area contributed by atoms with E-state index in [4.69, 9.17) is 9.47 Å². The standard InChI is InChI=1S/C20H29N5O4/c1-5-28-18(26)14-11-21-17-16(22-12-23-17)15(14)24-13-7-6-9-25(10-8-13)19(27)29-20(2,3)4/h11-13H,5-10H2,1-4H3,(H2,21,22,23,24)/p+1. The van der Waals surface area contributed by atoms with Crippen LogP contribution < -0.4 is 10.3 Å². The number of rotatable bonds is 4. The molecule has 29 heavy (non-hydrogen) atoms. The van der Waals surface area contributed by atoms with Crippen LogP contribution in [0.5, 0.6) is 0 Å². The van der Waals surface area contributed by atoms with E-state index in [-0.39, 0.29) is 12.1 Å². The fourth-order valence-electron chi connectivity index (χ4n) is 3.41. The van der Waals surface area contributed by atoms with E-state index in [0.29, 0.717) is 36.6 Å². The molecule has 0 saturated carbocycles. The molecule has 0 aliphatic carbocycles. The van der Waals surface area contributed by atoms with Crippen molar-refractivity contribution in [3.8, 4) is 0 Å². The Morgan fingerprint density at radius 3 is 2.86 bits per heavy atom. The van der Waals surface area contributed by atoms with Crippen LogP contribution in [0.2, 0.25) is 0 Å². The van der Waals surface area contributed by atoms with Gasteiger partial charge in [-0.15, -0.1) is 4.98 Å². The zero-order valence-corrected chi connectivity index (χ0v) is 17.5. The molecule has 3 N–H and O–H groups in total. The Morgan fingerprint density at radius 2 is 2.14 bits per heavy atom. The van der Waals surface area contributed by atoms with Crippen molar-refractivity contribution in [1.29, 1.82) is 0 Å². The van der Waals surface area contributed by atoms with Gasteiger partial charge in [0.15, 0.2) is 11.8 Å². The number of aromatic amines is 2. The van der Waals surface area contributed by atoms with Gasteiger partial charge in [-0.05, 0) is 47.0 Å². The second kappa shape index (κ2) is 8.67. The lowest BCUT2D eigenvalue weighted by Crippen LogP contribution is -2.37. The summed E-state index contributed by atoms with van der Waals surface area (Å²) in [6.07, 6.45) is 5.38. The minimum absolute atomic E-state index is 0.101. The highest BCUT2D eigenvalue weighted by molar-refractivity contribution is 6.02. The Balaban J connectivity index is 1.75. The quantitative estimate of drug-likeness (QED) is 0.758. The van der Waals surface area contributed by atoms with Crippen LogP contribution in [0.3, 0.4) is 0 Å². The van der Waals surface area contributed by atoms with Crippen LogP contribution in [0, 0.1) is 0 Å². The van der Waals surface area contributed by atoms with E-state index in [9.17, 15) is 9.59 Å². The summed E-state index contributed by atoms with van der Waals surface area (Å²) in [5.74, 6) is -0.414. The number of nitrogens with zero attached hydrogens (tertiary/aromatic N) is 2. The van der Waals surface area contributed by atoms with Gasteiger partial charge in [-0.2, -0.15) is 0 Å². The van der Waals surface area contributed by atoms with Crippen molar-refractivity contribution in [2.75, 3.05) is 25.0 Å². The molecule has 1 unspecified atom stereocenters. The van der Waals surface area contributed by atoms with Gasteiger partial charge in [-0.3, -0.25) is 4.98 Å². The average Bonchev–Trinajstić information content (AvgIpc) is 3.00. The van der Waals surface area contributed by atoms with Crippen LogP contribution in [0.1, 0.15) is 57.3 Å². The van der Waals surface area contributed by atoms with Gasteiger partial charge >= 0.3 is 17.7 Å². The molecular weight excluding hydrogens is 374 g/mol. The molecule has 2 aromatic heterocycles. The third kappa shape index (κ3) is 5.16. The number of ether oxygens (including phenoxy) is 2. The Morgan fingerprint density at radius 1 is 1.34 bits per heavy atom. The first-order valence-electron chi connectivity index (χ1n) is 10.1. The molecule has 3 rings (SSSR count). The molecule has 9 nitrogen and oxygen atoms in total. The minimum Gasteiger partial charge on any atom is -0.462 e. The largest absolute Gasteiger partial charge is 0.462 e. The van der Waals surface area contributed by atoms with Gasteiger partial charge in [0.25, 0.3) is 0 Å². The van der Waals surface area contributed by atoms with Crippen molar-refractivity contribution in [2.45, 2.75) is 58.6 Å². The molecule has 1 saturated heterocycles. The smallest absolute Gasteiger partial charge is 0.410 e. The number of likely N-dealkylation sites (tertiary alicyclic amines) is 1. The summed E-state index contributed by atoms with van der Waals surface area (Å²) in [6.45, 7) is 8.91. The summed E-state index contributed by atoms with van der Waals surface area (Å²) in [5, 5.41) is 3.49. The van der Waals surface area contributed by atoms with Gasteiger partial charge in [-0.1, -0.05) is 0 Å². The van der Waals surface area contributed by atoms with Crippen LogP contribution in [-0.4, -0.2) is 58.3 Å². The first-order valence-corrected chi connectivity index (χ1v) is 10.1. The Labute approximate surface area is 170 Å². The summed E-state index contributed by atoms with van der Waals surface area (Å²) < 4.78 is 10.7. The first kappa shape index (κ1) is 20.9. The zero-order chi connectivity index (χ0) is 21.0. The van der Waals surface area contributed by atoms with E-state index in [0.717, 1.165) is 24.8 Å². The van der Waals surface area contributed by atoms with Crippen molar-refractivity contribution in [3.63, 3.8) is 0 Å². The number of anilines is 1. The second-order valence-corrected chi connectivity index (χ2v) is 8.16. The highest BCUT2D eigenvalue weighted by Gasteiger charge is 2.28. The number of H-pyrrole nitrogens is 2. The molecule has 0 aromatic carbocycles. The van der Waals surface area contributed by atoms with E-state index in [1.165, 1.54) is 6.20 Å². The third-order valence-corrected chi connectivity index (χ3v) is 4.73. The number of pyridine rings is 1. The highest BCUT2D eigenvalue weighted by Crippen LogP contribution is 2.26. The first-order chi connectivity index (χ1) is 13.8. The van der Waals surface area contributed by atoms with Gasteiger partial charge in [0, 0.05) is 19.1 Å². The lowest BCUT2D eigenvalue weighted by molar-refractivity contribution is -0.347. The molecular formula is C20H30N5O4+. The second-order valence-electron chi connectivity index (χ2n) is 8.16. The van der Waals surface area contributed by atoms with E-state index in [2.05, 4.69) is 20.3 Å². The van der Waals surface area contributed by atoms with Crippen molar-refractivity contribution >= 4 is 28.9 Å². The molecule has 2 aromatic rings. The van der Waals surface area contributed by atoms with E-state index in [1.54, 1.807) is 18.2 Å². The van der Waals surface area contributed by atoms with Gasteiger partial charge in [0.1, 0.15) is 17.4 Å². The number of nitrogens with one attached hydrogen (secondary N) is 3. The van der Waals surface area contributed by atoms with E-state index >= 15 is 0 Å². The molecule has 0 radical (unpaired) electrons. The van der Waals surface area contributed by atoms with Crippen LogP contribution in [0.4, 0.5) is 10.5 Å². The van der Waals surface area contributed by atoms with Crippen molar-refractivity contribution in [2.24, 2.45) is 0 Å². The molecule has 1 aliphatic heterocycles. The normalized spacial score (nSPS) is 17.7. The Bertz CT molecular complexity index is 873. The maximum Gasteiger partial charge on any atom is 0.410 e. The molecule has 0 spiro atoms. The van der Waals surface area contributed by atoms with Crippen molar-refractivity contribution in [1.82, 2.24) is 14.9 Å². The maximum atomic E-state index is 12.4. The number of hydrogen-bond acceptors (Lipinski definition) is 6. The lowest BCUT2D eigenvalue weighted by atomic mass is 10.1. The minimum atomic E-state index is -0.512. The van der Waals surface area contributed by atoms with E-state index in [1.807, 2.05) is 20.8 Å². The number of hydrogen-bond donors (Lipinski definition) is 2. The lowest BCUT2D eigenvalue weighted by Gasteiger charge is -2.26. The predicted molar refractivity (Wildman–Crippen MR) is 108 cm³/mol. The summed E-state index contributed by atoms with van der Waals surface area (Å²) in [6, 6.07) is 0.101. The monoisotopic (exact) mass is 404 g/mol. The molecule has 1 fully saturated rings. The van der Waals surface area contributed by atoms with Crippen LogP contribution in [0.25, 0.3) is 11.2 Å². The number of imidazole rings is 1. The Hall–Kier alpha value is -2.84. The fourth-order valence-corrected chi connectivity index (χ4v) is 3.41. The SMILES string of the molecule is CCOC(=O)c1cnc2[nH+]c[nH]c2c1NC1CCCN(C(=O)OC(C)(C)C)CC1. The van der Waals surface area contributed by atoms with Gasteiger partial charge < -0.3 is 19.7 Å². The van der Waals surface area contributed by atoms with Crippen LogP contribution in [0.15, 0.2) is 12.5 Å². The summed E-state index contributed by atoms with van der Waals surface area (Å²) in [7, 11) is 0. The summed E-state index contributed by atoms with van der Waals surface area (Å²) >= 11 is 0. The molecule has 3 heterocycles. The molecule has 1 atom stereocenters. The van der Waals surface area contributed by atoms with Crippen LogP contribution in [-0.2, 0) is 9.47 Å². The number of carbonyl (C=O) groups excluding carboxylic acids is 2. The highest BCUT2D eigenvalue weighted by atomic mass is 16.6. The molecule has 158 valence electrons. The zero-order valence-electron chi connectivity index (χ0n) is 17.5. The van der Waals surface area contributed by atoms with Crippen molar-refractivity contribution in [3.05, 3.63) is 18.1 Å². The van der Waals surface area contributed by atoms with Crippen molar-refractivity contribution < 1.29 is 24.0 Å². The number of esters is 1. The topological polar surface area (TPSA) is 111 Å². The number of aromatic nitrogens is 3. The summed E-state index contributed by atoms with van der Waals surface area (Å²) in [4.78, 5) is 37.0. The average molecular weight is 404 g/mol. The molecule has 0 bridgehead atoms. The Kier molecular flexibility index (Phi) is 6.24. The molecule has 9 heteroatoms. The maximum absolute atomic E-state index is 12.4. The third-order valence-electron chi connectivity index (χ3n) is 4.73. The van der Waals surface area contributed by atoms with E-state index < -0.39 is 11.6 Å². The predicted octanol–water partition coefficient (Wildman–Crippen LogP) is 2.76. The van der Waals surface area contributed by atoms with Gasteiger partial charge in [0.2, 0.25) is 0 Å². The molecule has 1 aliphatic rings. The molecule has 1 amide bonds. The fraction of sp³-hybridized carbons (Fsp3) is 0.600. The number of amides is 1. The van der Waals surface area contributed by atoms with Gasteiger partial charge in [0.05, 0.1) is 12.3 Å².